The van der Waals surface area contributed by atoms with Crippen LogP contribution in [0.4, 0.5) is 0 Å². The molecule has 1 aliphatic carbocycles. The number of benzene rings is 1. The van der Waals surface area contributed by atoms with Crippen molar-refractivity contribution in [3.05, 3.63) is 23.8 Å². The van der Waals surface area contributed by atoms with Gasteiger partial charge in [-0.2, -0.15) is 0 Å². The van der Waals surface area contributed by atoms with E-state index in [-0.39, 0.29) is 0 Å². The van der Waals surface area contributed by atoms with Gasteiger partial charge < -0.3 is 15.2 Å². The van der Waals surface area contributed by atoms with Gasteiger partial charge in [-0.25, -0.2) is 0 Å². The highest BCUT2D eigenvalue weighted by Gasteiger charge is 2.39. The van der Waals surface area contributed by atoms with Gasteiger partial charge in [-0.1, -0.05) is 6.07 Å². The number of ether oxygens (including phenoxy) is 1. The van der Waals surface area contributed by atoms with Crippen molar-refractivity contribution in [2.45, 2.75) is 18.9 Å². The quantitative estimate of drug-likeness (QED) is 0.868. The predicted molar refractivity (Wildman–Crippen MR) is 74.6 cm³/mol. The molecule has 2 fully saturated rings. The van der Waals surface area contributed by atoms with E-state index in [1.54, 1.807) is 13.2 Å². The molecule has 4 heteroatoms. The monoisotopic (exact) mass is 262 g/mol. The summed E-state index contributed by atoms with van der Waals surface area (Å²) >= 11 is 0. The molecule has 2 aliphatic rings. The third kappa shape index (κ3) is 2.55. The van der Waals surface area contributed by atoms with Crippen LogP contribution in [0.3, 0.4) is 0 Å². The highest BCUT2D eigenvalue weighted by atomic mass is 16.5. The minimum Gasteiger partial charge on any atom is -0.507 e. The first-order valence-corrected chi connectivity index (χ1v) is 7.12. The van der Waals surface area contributed by atoms with Gasteiger partial charge in [0.15, 0.2) is 0 Å². The summed E-state index contributed by atoms with van der Waals surface area (Å²) in [6, 6.07) is 5.87. The molecule has 1 aromatic carbocycles. The topological polar surface area (TPSA) is 44.7 Å². The molecule has 0 unspecified atom stereocenters. The van der Waals surface area contributed by atoms with E-state index in [0.717, 1.165) is 37.5 Å². The maximum atomic E-state index is 10.3. The van der Waals surface area contributed by atoms with Gasteiger partial charge in [-0.3, -0.25) is 4.90 Å². The SMILES string of the molecule is COc1cccc(O)c1[C@@H](C1CC1)N1CCNCC1. The van der Waals surface area contributed by atoms with Crippen LogP contribution in [0, 0.1) is 5.92 Å². The van der Waals surface area contributed by atoms with E-state index in [0.29, 0.717) is 17.7 Å². The van der Waals surface area contributed by atoms with E-state index in [2.05, 4.69) is 10.2 Å². The summed E-state index contributed by atoms with van der Waals surface area (Å²) in [5.74, 6) is 1.85. The number of phenolic OH excluding ortho intramolecular Hbond substituents is 1. The molecule has 1 saturated carbocycles. The van der Waals surface area contributed by atoms with E-state index >= 15 is 0 Å². The lowest BCUT2D eigenvalue weighted by atomic mass is 9.97. The molecule has 3 rings (SSSR count). The Hall–Kier alpha value is -1.26. The molecule has 19 heavy (non-hydrogen) atoms. The standard InChI is InChI=1S/C15H22N2O2/c1-19-13-4-2-3-12(18)14(13)15(11-5-6-11)17-9-7-16-8-10-17/h2-4,11,15-16,18H,5-10H2,1H3/t15-/m1/s1. The fourth-order valence-electron chi connectivity index (χ4n) is 3.10. The summed E-state index contributed by atoms with van der Waals surface area (Å²) in [4.78, 5) is 2.49. The summed E-state index contributed by atoms with van der Waals surface area (Å²) in [5.41, 5.74) is 0.981. The number of phenols is 1. The second-order valence-corrected chi connectivity index (χ2v) is 5.46. The molecule has 4 nitrogen and oxygen atoms in total. The molecule has 1 atom stereocenters. The average Bonchev–Trinajstić information content (AvgIpc) is 3.27. The molecule has 104 valence electrons. The van der Waals surface area contributed by atoms with Gasteiger partial charge in [0.2, 0.25) is 0 Å². The number of rotatable bonds is 4. The molecule has 0 spiro atoms. The molecule has 0 amide bonds. The molecule has 1 heterocycles. The van der Waals surface area contributed by atoms with Crippen LogP contribution in [0.5, 0.6) is 11.5 Å². The summed E-state index contributed by atoms with van der Waals surface area (Å²) in [6.45, 7) is 4.13. The Labute approximate surface area is 114 Å². The third-order valence-corrected chi connectivity index (χ3v) is 4.17. The molecular weight excluding hydrogens is 240 g/mol. The molecular formula is C15H22N2O2. The highest BCUT2D eigenvalue weighted by Crippen LogP contribution is 2.49. The van der Waals surface area contributed by atoms with Crippen molar-refractivity contribution < 1.29 is 9.84 Å². The first-order chi connectivity index (χ1) is 9.31. The van der Waals surface area contributed by atoms with Crippen LogP contribution < -0.4 is 10.1 Å². The van der Waals surface area contributed by atoms with Crippen LogP contribution in [0.15, 0.2) is 18.2 Å². The molecule has 0 radical (unpaired) electrons. The third-order valence-electron chi connectivity index (χ3n) is 4.17. The van der Waals surface area contributed by atoms with E-state index < -0.39 is 0 Å². The first-order valence-electron chi connectivity index (χ1n) is 7.12. The maximum absolute atomic E-state index is 10.3. The molecule has 1 aliphatic heterocycles. The van der Waals surface area contributed by atoms with Crippen LogP contribution in [0.2, 0.25) is 0 Å². The van der Waals surface area contributed by atoms with Gasteiger partial charge in [-0.05, 0) is 30.9 Å². The molecule has 0 aromatic heterocycles. The minimum atomic E-state index is 0.304. The molecule has 1 saturated heterocycles. The number of methoxy groups -OCH3 is 1. The van der Waals surface area contributed by atoms with Gasteiger partial charge in [0.1, 0.15) is 11.5 Å². The Morgan fingerprint density at radius 3 is 2.68 bits per heavy atom. The van der Waals surface area contributed by atoms with Crippen molar-refractivity contribution in [1.82, 2.24) is 10.2 Å². The number of piperazine rings is 1. The molecule has 1 aromatic rings. The van der Waals surface area contributed by atoms with Gasteiger partial charge in [0.25, 0.3) is 0 Å². The Bertz CT molecular complexity index is 440. The number of nitrogens with one attached hydrogen (secondary N) is 1. The van der Waals surface area contributed by atoms with Crippen molar-refractivity contribution in [3.8, 4) is 11.5 Å². The van der Waals surface area contributed by atoms with Crippen LogP contribution in [0.25, 0.3) is 0 Å². The summed E-state index contributed by atoms with van der Waals surface area (Å²) < 4.78 is 5.47. The normalized spacial score (nSPS) is 22.2. The summed E-state index contributed by atoms with van der Waals surface area (Å²) in [7, 11) is 1.68. The fraction of sp³-hybridized carbons (Fsp3) is 0.600. The lowest BCUT2D eigenvalue weighted by Crippen LogP contribution is -2.45. The second kappa shape index (κ2) is 5.39. The smallest absolute Gasteiger partial charge is 0.127 e. The van der Waals surface area contributed by atoms with Gasteiger partial charge >= 0.3 is 0 Å². The zero-order valence-corrected chi connectivity index (χ0v) is 11.4. The zero-order chi connectivity index (χ0) is 13.2. The first kappa shape index (κ1) is 12.8. The van der Waals surface area contributed by atoms with Crippen LogP contribution >= 0.6 is 0 Å². The number of hydrogen-bond donors (Lipinski definition) is 2. The predicted octanol–water partition coefficient (Wildman–Crippen LogP) is 1.76. The minimum absolute atomic E-state index is 0.304. The van der Waals surface area contributed by atoms with Crippen molar-refractivity contribution in [1.29, 1.82) is 0 Å². The van der Waals surface area contributed by atoms with Crippen molar-refractivity contribution in [2.75, 3.05) is 33.3 Å². The number of nitrogens with zero attached hydrogens (tertiary/aromatic N) is 1. The number of hydrogen-bond acceptors (Lipinski definition) is 4. The Kier molecular flexibility index (Phi) is 3.62. The Morgan fingerprint density at radius 2 is 2.05 bits per heavy atom. The second-order valence-electron chi connectivity index (χ2n) is 5.46. The zero-order valence-electron chi connectivity index (χ0n) is 11.4. The van der Waals surface area contributed by atoms with Crippen LogP contribution in [-0.2, 0) is 0 Å². The van der Waals surface area contributed by atoms with E-state index in [9.17, 15) is 5.11 Å². The van der Waals surface area contributed by atoms with Crippen molar-refractivity contribution in [2.24, 2.45) is 5.92 Å². The van der Waals surface area contributed by atoms with E-state index in [1.165, 1.54) is 12.8 Å². The number of aromatic hydroxyl groups is 1. The Balaban J connectivity index is 1.95. The van der Waals surface area contributed by atoms with Crippen LogP contribution in [0.1, 0.15) is 24.4 Å². The Morgan fingerprint density at radius 1 is 1.32 bits per heavy atom. The van der Waals surface area contributed by atoms with Crippen molar-refractivity contribution >= 4 is 0 Å². The lowest BCUT2D eigenvalue weighted by molar-refractivity contribution is 0.151. The maximum Gasteiger partial charge on any atom is 0.127 e. The van der Waals surface area contributed by atoms with Gasteiger partial charge in [0.05, 0.1) is 12.7 Å². The highest BCUT2D eigenvalue weighted by molar-refractivity contribution is 5.47. The van der Waals surface area contributed by atoms with E-state index in [4.69, 9.17) is 4.74 Å². The fourth-order valence-corrected chi connectivity index (χ4v) is 3.10. The van der Waals surface area contributed by atoms with Gasteiger partial charge in [-0.15, -0.1) is 0 Å². The molecule has 0 bridgehead atoms. The summed E-state index contributed by atoms with van der Waals surface area (Å²) in [5, 5.41) is 13.7. The van der Waals surface area contributed by atoms with Gasteiger partial charge in [0, 0.05) is 32.2 Å². The van der Waals surface area contributed by atoms with Crippen LogP contribution in [-0.4, -0.2) is 43.3 Å². The van der Waals surface area contributed by atoms with Crippen molar-refractivity contribution in [3.63, 3.8) is 0 Å². The largest absolute Gasteiger partial charge is 0.507 e. The summed E-state index contributed by atoms with van der Waals surface area (Å²) in [6.07, 6.45) is 2.51. The average molecular weight is 262 g/mol. The van der Waals surface area contributed by atoms with E-state index in [1.807, 2.05) is 12.1 Å². The molecule has 2 N–H and O–H groups in total. The lowest BCUT2D eigenvalue weighted by Gasteiger charge is -2.36.